The van der Waals surface area contributed by atoms with Gasteiger partial charge < -0.3 is 10.1 Å². The highest BCUT2D eigenvalue weighted by Gasteiger charge is 2.43. The van der Waals surface area contributed by atoms with Crippen molar-refractivity contribution in [2.75, 3.05) is 0 Å². The Balaban J connectivity index is 2.56. The molecule has 0 aromatic heterocycles. The van der Waals surface area contributed by atoms with Crippen molar-refractivity contribution in [3.63, 3.8) is 0 Å². The molecule has 0 radical (unpaired) electrons. The molecule has 1 amide bonds. The Morgan fingerprint density at radius 3 is 2.50 bits per heavy atom. The molecular weight excluding hydrogens is 386 g/mol. The molecule has 0 spiro atoms. The van der Waals surface area contributed by atoms with Crippen molar-refractivity contribution in [3.05, 3.63) is 35.9 Å². The first-order valence-corrected chi connectivity index (χ1v) is 8.52. The molecule has 112 valence electrons. The lowest BCUT2D eigenvalue weighted by Crippen LogP contribution is -2.50. The van der Waals surface area contributed by atoms with Crippen molar-refractivity contribution in [2.24, 2.45) is 0 Å². The molecule has 0 aliphatic carbocycles. The van der Waals surface area contributed by atoms with E-state index in [1.54, 1.807) is 30.3 Å². The van der Waals surface area contributed by atoms with Crippen LogP contribution in [-0.2, 0) is 11.3 Å². The number of carbonyl (C=O) groups is 1. The maximum Gasteiger partial charge on any atom is 0.409 e. The largest absolute Gasteiger partial charge is 0.445 e. The molecule has 7 heteroatoms. The molecular formula is C13H15F3INO2. The second-order valence-corrected chi connectivity index (χ2v) is 6.90. The zero-order valence-electron chi connectivity index (χ0n) is 10.8. The maximum absolute atomic E-state index is 12.8. The summed E-state index contributed by atoms with van der Waals surface area (Å²) < 4.78 is 46.0. The molecule has 3 nitrogen and oxygen atoms in total. The number of halogens is 4. The van der Waals surface area contributed by atoms with Crippen molar-refractivity contribution in [1.29, 1.82) is 0 Å². The van der Waals surface area contributed by atoms with Gasteiger partial charge in [-0.1, -0.05) is 41.8 Å². The second kappa shape index (κ2) is 7.61. The molecule has 2 atom stereocenters. The summed E-state index contributed by atoms with van der Waals surface area (Å²) in [6, 6.07) is 6.84. The summed E-state index contributed by atoms with van der Waals surface area (Å²) in [5.74, 6) is 0. The molecule has 0 bridgehead atoms. The van der Waals surface area contributed by atoms with Crippen molar-refractivity contribution in [1.82, 2.24) is 5.32 Å². The molecule has 1 aromatic rings. The molecule has 1 N–H and O–H groups in total. The zero-order chi connectivity index (χ0) is 15.2. The first kappa shape index (κ1) is 16.9. The van der Waals surface area contributed by atoms with Gasteiger partial charge in [-0.3, -0.25) is 0 Å². The quantitative estimate of drug-likeness (QED) is 0.605. The third kappa shape index (κ3) is 5.48. The molecule has 0 aliphatic heterocycles. The first-order valence-electron chi connectivity index (χ1n) is 5.75. The first-order chi connectivity index (χ1) is 9.34. The number of hydrogen-bond acceptors (Lipinski definition) is 2. The Morgan fingerprint density at radius 2 is 2.00 bits per heavy atom. The van der Waals surface area contributed by atoms with Crippen LogP contribution in [0.2, 0.25) is 0 Å². The average Bonchev–Trinajstić information content (AvgIpc) is 2.41. The molecule has 2 unspecified atom stereocenters. The molecule has 20 heavy (non-hydrogen) atoms. The zero-order valence-corrected chi connectivity index (χ0v) is 12.9. The van der Waals surface area contributed by atoms with Crippen LogP contribution in [0.25, 0.3) is 0 Å². The molecule has 0 aliphatic rings. The fourth-order valence-electron chi connectivity index (χ4n) is 1.44. The third-order valence-corrected chi connectivity index (χ3v) is 4.65. The van der Waals surface area contributed by atoms with Crippen molar-refractivity contribution >= 4 is 31.3 Å². The highest BCUT2D eigenvalue weighted by molar-refractivity contribution is 14.2. The van der Waals surface area contributed by atoms with E-state index in [4.69, 9.17) is 4.74 Å². The number of benzene rings is 1. The summed E-state index contributed by atoms with van der Waals surface area (Å²) in [6.45, 7) is 1.36. The Bertz CT molecular complexity index is 451. The topological polar surface area (TPSA) is 38.3 Å². The van der Waals surface area contributed by atoms with Crippen LogP contribution in [0.3, 0.4) is 0 Å². The number of carbonyl (C=O) groups excluding carboxylic acids is 1. The fraction of sp³-hybridized carbons (Fsp3) is 0.385. The van der Waals surface area contributed by atoms with E-state index in [1.807, 2.05) is 5.32 Å². The van der Waals surface area contributed by atoms with E-state index in [9.17, 15) is 18.0 Å². The van der Waals surface area contributed by atoms with Gasteiger partial charge in [0, 0.05) is 3.92 Å². The standard InChI is InChI=1S/C13H15F3INO2/c1-9(17-2)11(13(14,15)16)18-12(19)20-8-10-6-4-3-5-7-10/h3-7,9,11H,2,8H2,1H3,(H,18,19). The van der Waals surface area contributed by atoms with Gasteiger partial charge in [-0.05, 0) is 5.56 Å². The van der Waals surface area contributed by atoms with Gasteiger partial charge in [-0.2, -0.15) is 13.2 Å². The van der Waals surface area contributed by atoms with Crippen LogP contribution < -0.4 is 5.32 Å². The minimum absolute atomic E-state index is 0.0644. The van der Waals surface area contributed by atoms with E-state index >= 15 is 0 Å². The van der Waals surface area contributed by atoms with E-state index < -0.39 is 43.0 Å². The number of nitrogens with one attached hydrogen (secondary N) is 1. The second-order valence-electron chi connectivity index (χ2n) is 4.06. The Kier molecular flexibility index (Phi) is 6.44. The number of hydrogen-bond donors (Lipinski definition) is 1. The van der Waals surface area contributed by atoms with Crippen molar-refractivity contribution < 1.29 is 22.7 Å². The Hall–Kier alpha value is -1.12. The number of amides is 1. The van der Waals surface area contributed by atoms with E-state index in [-0.39, 0.29) is 6.61 Å². The number of ether oxygens (including phenoxy) is 1. The molecule has 0 heterocycles. The minimum Gasteiger partial charge on any atom is -0.445 e. The normalized spacial score (nSPS) is 14.4. The van der Waals surface area contributed by atoms with E-state index in [2.05, 4.69) is 4.51 Å². The monoisotopic (exact) mass is 401 g/mol. The fourth-order valence-corrected chi connectivity index (χ4v) is 2.53. The summed E-state index contributed by atoms with van der Waals surface area (Å²) in [7, 11) is 0. The van der Waals surface area contributed by atoms with Gasteiger partial charge in [0.2, 0.25) is 0 Å². The smallest absolute Gasteiger partial charge is 0.409 e. The highest BCUT2D eigenvalue weighted by Crippen LogP contribution is 2.27. The molecule has 0 saturated carbocycles. The summed E-state index contributed by atoms with van der Waals surface area (Å²) in [4.78, 5) is 11.5. The predicted octanol–water partition coefficient (Wildman–Crippen LogP) is 3.63. The van der Waals surface area contributed by atoms with E-state index in [1.165, 1.54) is 6.92 Å². The van der Waals surface area contributed by atoms with Gasteiger partial charge in [0.05, 0.1) is 0 Å². The average molecular weight is 401 g/mol. The van der Waals surface area contributed by atoms with Crippen LogP contribution in [-0.4, -0.2) is 26.8 Å². The highest BCUT2D eigenvalue weighted by atomic mass is 127. The van der Waals surface area contributed by atoms with E-state index in [0.29, 0.717) is 5.56 Å². The van der Waals surface area contributed by atoms with Crippen molar-refractivity contribution in [3.8, 4) is 0 Å². The van der Waals surface area contributed by atoms with Gasteiger partial charge >= 0.3 is 12.3 Å². The SMILES string of the molecule is C=IC(C)C(NC(=O)OCc1ccccc1)C(F)(F)F. The summed E-state index contributed by atoms with van der Waals surface area (Å²) in [5.41, 5.74) is 0.712. The van der Waals surface area contributed by atoms with E-state index in [0.717, 1.165) is 0 Å². The van der Waals surface area contributed by atoms with Crippen LogP contribution in [0.1, 0.15) is 12.5 Å². The van der Waals surface area contributed by atoms with Crippen LogP contribution in [0.5, 0.6) is 0 Å². The number of rotatable bonds is 5. The lowest BCUT2D eigenvalue weighted by atomic mass is 10.2. The van der Waals surface area contributed by atoms with Crippen LogP contribution in [0.4, 0.5) is 18.0 Å². The summed E-state index contributed by atoms with van der Waals surface area (Å²) in [5, 5.41) is 1.88. The molecule has 1 aromatic carbocycles. The van der Waals surface area contributed by atoms with Crippen LogP contribution in [0, 0.1) is 0 Å². The summed E-state index contributed by atoms with van der Waals surface area (Å²) in [6.07, 6.45) is -5.57. The molecule has 0 saturated heterocycles. The third-order valence-electron chi connectivity index (χ3n) is 2.54. The van der Waals surface area contributed by atoms with Gasteiger partial charge in [0.25, 0.3) is 0 Å². The van der Waals surface area contributed by atoms with Gasteiger partial charge in [0.15, 0.2) is 0 Å². The number of alkyl carbamates (subject to hydrolysis) is 1. The lowest BCUT2D eigenvalue weighted by molar-refractivity contribution is -0.152. The van der Waals surface area contributed by atoms with Crippen LogP contribution in [0.15, 0.2) is 30.3 Å². The Labute approximate surface area is 125 Å². The number of alkyl halides is 4. The maximum atomic E-state index is 12.8. The minimum atomic E-state index is -4.50. The molecule has 1 rings (SSSR count). The van der Waals surface area contributed by atoms with Crippen LogP contribution >= 0.6 is 20.7 Å². The summed E-state index contributed by atoms with van der Waals surface area (Å²) >= 11 is -0.888. The van der Waals surface area contributed by atoms with Gasteiger partial charge in [-0.25, -0.2) is 4.79 Å². The predicted molar refractivity (Wildman–Crippen MR) is 80.2 cm³/mol. The van der Waals surface area contributed by atoms with Gasteiger partial charge in [-0.15, -0.1) is 20.7 Å². The van der Waals surface area contributed by atoms with Gasteiger partial charge in [0.1, 0.15) is 12.6 Å². The van der Waals surface area contributed by atoms with Crippen molar-refractivity contribution in [2.45, 2.75) is 29.7 Å². The lowest BCUT2D eigenvalue weighted by Gasteiger charge is -2.24. The Morgan fingerprint density at radius 1 is 1.40 bits per heavy atom. The molecule has 0 fully saturated rings.